The molecule has 0 radical (unpaired) electrons. The van der Waals surface area contributed by atoms with E-state index in [0.717, 1.165) is 12.8 Å². The molecular formula is C20H34O6. The Bertz CT molecular complexity index is 465. The Hall–Kier alpha value is -0.760. The van der Waals surface area contributed by atoms with Gasteiger partial charge in [0, 0.05) is 13.7 Å². The summed E-state index contributed by atoms with van der Waals surface area (Å²) in [6, 6.07) is 0. The first kappa shape index (κ1) is 21.5. The molecule has 0 amide bonds. The van der Waals surface area contributed by atoms with E-state index in [1.807, 2.05) is 26.0 Å². The number of hydrogen-bond acceptors (Lipinski definition) is 6. The average Bonchev–Trinajstić information content (AvgIpc) is 3.02. The Balaban J connectivity index is 2.32. The van der Waals surface area contributed by atoms with E-state index < -0.39 is 17.7 Å². The van der Waals surface area contributed by atoms with Gasteiger partial charge in [0.15, 0.2) is 12.1 Å². The van der Waals surface area contributed by atoms with Crippen molar-refractivity contribution in [1.29, 1.82) is 0 Å². The molecule has 2 saturated heterocycles. The van der Waals surface area contributed by atoms with Crippen LogP contribution in [0, 0.1) is 0 Å². The standard InChI is InChI=1S/C20H34O6/c1-7-10-13-22-17-16-18(25-19(4,5)24-16)26-20(17,12-9-3)15(11-8-2)23-14-21-6/h8-9,15-18H,2-3,7,10-14H2,1,4-6H3/t15-,16+,17+,18-,20?/m0/s1. The van der Waals surface area contributed by atoms with Crippen molar-refractivity contribution in [2.24, 2.45) is 0 Å². The summed E-state index contributed by atoms with van der Waals surface area (Å²) in [4.78, 5) is 0. The van der Waals surface area contributed by atoms with Crippen molar-refractivity contribution in [2.75, 3.05) is 20.5 Å². The maximum Gasteiger partial charge on any atom is 0.190 e. The molecular weight excluding hydrogens is 336 g/mol. The fourth-order valence-corrected chi connectivity index (χ4v) is 3.70. The Morgan fingerprint density at radius 3 is 2.54 bits per heavy atom. The third kappa shape index (κ3) is 4.55. The molecule has 0 aromatic rings. The van der Waals surface area contributed by atoms with Crippen LogP contribution in [-0.2, 0) is 28.4 Å². The summed E-state index contributed by atoms with van der Waals surface area (Å²) in [7, 11) is 1.60. The molecule has 2 aliphatic rings. The fourth-order valence-electron chi connectivity index (χ4n) is 3.70. The van der Waals surface area contributed by atoms with Gasteiger partial charge in [-0.3, -0.25) is 0 Å². The van der Waals surface area contributed by atoms with Crippen molar-refractivity contribution >= 4 is 0 Å². The van der Waals surface area contributed by atoms with E-state index in [0.29, 0.717) is 19.4 Å². The summed E-state index contributed by atoms with van der Waals surface area (Å²) in [6.45, 7) is 14.5. The van der Waals surface area contributed by atoms with Crippen LogP contribution in [0.1, 0.15) is 46.5 Å². The van der Waals surface area contributed by atoms with Crippen molar-refractivity contribution in [3.8, 4) is 0 Å². The zero-order valence-corrected chi connectivity index (χ0v) is 16.6. The summed E-state index contributed by atoms with van der Waals surface area (Å²) in [5.74, 6) is -0.705. The SMILES string of the molecule is C=CC[C@H](OCOC)C1(CC=C)O[C@@H]2OC(C)(C)O[C@@H]2[C@H]1OCCCC. The third-order valence-electron chi connectivity index (χ3n) is 4.78. The predicted octanol–water partition coefficient (Wildman–Crippen LogP) is 3.56. The molecule has 0 aliphatic carbocycles. The van der Waals surface area contributed by atoms with Gasteiger partial charge in [-0.1, -0.05) is 25.5 Å². The van der Waals surface area contributed by atoms with E-state index >= 15 is 0 Å². The van der Waals surface area contributed by atoms with Gasteiger partial charge >= 0.3 is 0 Å². The first-order chi connectivity index (χ1) is 12.4. The van der Waals surface area contributed by atoms with Gasteiger partial charge in [0.2, 0.25) is 0 Å². The van der Waals surface area contributed by atoms with Gasteiger partial charge < -0.3 is 28.4 Å². The van der Waals surface area contributed by atoms with Gasteiger partial charge in [0.25, 0.3) is 0 Å². The highest BCUT2D eigenvalue weighted by Crippen LogP contribution is 2.48. The van der Waals surface area contributed by atoms with Crippen LogP contribution < -0.4 is 0 Å². The Morgan fingerprint density at radius 1 is 1.15 bits per heavy atom. The number of ether oxygens (including phenoxy) is 6. The summed E-state index contributed by atoms with van der Waals surface area (Å²) in [6.07, 6.45) is 5.33. The summed E-state index contributed by atoms with van der Waals surface area (Å²) >= 11 is 0. The second-order valence-electron chi connectivity index (χ2n) is 7.27. The second-order valence-corrected chi connectivity index (χ2v) is 7.27. The van der Waals surface area contributed by atoms with E-state index in [9.17, 15) is 0 Å². The lowest BCUT2D eigenvalue weighted by atomic mass is 9.84. The molecule has 1 unspecified atom stereocenters. The van der Waals surface area contributed by atoms with Crippen LogP contribution >= 0.6 is 0 Å². The molecule has 0 aromatic carbocycles. The first-order valence-electron chi connectivity index (χ1n) is 9.41. The molecule has 0 bridgehead atoms. The highest BCUT2D eigenvalue weighted by molar-refractivity contribution is 5.11. The Kier molecular flexibility index (Phi) is 7.82. The molecule has 2 fully saturated rings. The van der Waals surface area contributed by atoms with E-state index in [1.54, 1.807) is 7.11 Å². The third-order valence-corrected chi connectivity index (χ3v) is 4.78. The van der Waals surface area contributed by atoms with Gasteiger partial charge in [-0.25, -0.2) is 0 Å². The summed E-state index contributed by atoms with van der Waals surface area (Å²) in [5, 5.41) is 0. The topological polar surface area (TPSA) is 55.4 Å². The van der Waals surface area contributed by atoms with Crippen LogP contribution in [0.5, 0.6) is 0 Å². The molecule has 6 nitrogen and oxygen atoms in total. The molecule has 2 rings (SSSR count). The molecule has 2 heterocycles. The number of unbranched alkanes of at least 4 members (excludes halogenated alkanes) is 1. The van der Waals surface area contributed by atoms with Crippen LogP contribution in [0.3, 0.4) is 0 Å². The monoisotopic (exact) mass is 370 g/mol. The van der Waals surface area contributed by atoms with Gasteiger partial charge in [0.1, 0.15) is 24.6 Å². The molecule has 26 heavy (non-hydrogen) atoms. The lowest BCUT2D eigenvalue weighted by Gasteiger charge is -2.41. The number of rotatable bonds is 12. The molecule has 2 aliphatic heterocycles. The maximum atomic E-state index is 6.43. The van der Waals surface area contributed by atoms with E-state index in [1.165, 1.54) is 0 Å². The van der Waals surface area contributed by atoms with E-state index in [4.69, 9.17) is 28.4 Å². The smallest absolute Gasteiger partial charge is 0.190 e. The van der Waals surface area contributed by atoms with Crippen molar-refractivity contribution in [3.05, 3.63) is 25.3 Å². The van der Waals surface area contributed by atoms with Crippen LogP contribution in [-0.4, -0.2) is 56.5 Å². The van der Waals surface area contributed by atoms with Crippen molar-refractivity contribution in [1.82, 2.24) is 0 Å². The lowest BCUT2D eigenvalue weighted by molar-refractivity contribution is -0.272. The molecule has 5 atom stereocenters. The zero-order valence-electron chi connectivity index (χ0n) is 16.6. The molecule has 6 heteroatoms. The quantitative estimate of drug-likeness (QED) is 0.297. The zero-order chi connectivity index (χ0) is 19.2. The first-order valence-corrected chi connectivity index (χ1v) is 9.41. The van der Waals surface area contributed by atoms with E-state index in [-0.39, 0.29) is 25.1 Å². The minimum Gasteiger partial charge on any atom is -0.372 e. The molecule has 150 valence electrons. The maximum absolute atomic E-state index is 6.43. The highest BCUT2D eigenvalue weighted by Gasteiger charge is 2.64. The molecule has 0 spiro atoms. The van der Waals surface area contributed by atoms with Crippen LogP contribution in [0.4, 0.5) is 0 Å². The largest absolute Gasteiger partial charge is 0.372 e. The Morgan fingerprint density at radius 2 is 1.92 bits per heavy atom. The fraction of sp³-hybridized carbons (Fsp3) is 0.800. The predicted molar refractivity (Wildman–Crippen MR) is 98.7 cm³/mol. The van der Waals surface area contributed by atoms with Crippen LogP contribution in [0.25, 0.3) is 0 Å². The highest BCUT2D eigenvalue weighted by atomic mass is 16.8. The average molecular weight is 370 g/mol. The Labute approximate surface area is 157 Å². The van der Waals surface area contributed by atoms with Crippen LogP contribution in [0.2, 0.25) is 0 Å². The van der Waals surface area contributed by atoms with E-state index in [2.05, 4.69) is 20.1 Å². The van der Waals surface area contributed by atoms with Crippen molar-refractivity contribution < 1.29 is 28.4 Å². The normalized spacial score (nSPS) is 33.8. The van der Waals surface area contributed by atoms with Gasteiger partial charge in [-0.15, -0.1) is 13.2 Å². The number of methoxy groups -OCH3 is 1. The number of hydrogen-bond donors (Lipinski definition) is 0. The summed E-state index contributed by atoms with van der Waals surface area (Å²) in [5.41, 5.74) is -0.770. The van der Waals surface area contributed by atoms with Crippen molar-refractivity contribution in [2.45, 2.75) is 82.4 Å². The van der Waals surface area contributed by atoms with Crippen molar-refractivity contribution in [3.63, 3.8) is 0 Å². The van der Waals surface area contributed by atoms with Crippen LogP contribution in [0.15, 0.2) is 25.3 Å². The van der Waals surface area contributed by atoms with Gasteiger partial charge in [-0.05, 0) is 33.1 Å². The lowest BCUT2D eigenvalue weighted by Crippen LogP contribution is -2.55. The molecule has 0 aromatic heterocycles. The summed E-state index contributed by atoms with van der Waals surface area (Å²) < 4.78 is 35.9. The number of fused-ring (bicyclic) bond motifs is 1. The minimum absolute atomic E-state index is 0.158. The second kappa shape index (κ2) is 9.44. The minimum atomic E-state index is -0.770. The molecule has 0 N–H and O–H groups in total. The van der Waals surface area contributed by atoms with Gasteiger partial charge in [0.05, 0.1) is 6.10 Å². The molecule has 0 saturated carbocycles. The van der Waals surface area contributed by atoms with Gasteiger partial charge in [-0.2, -0.15) is 0 Å².